The van der Waals surface area contributed by atoms with Crippen molar-refractivity contribution < 1.29 is 14.6 Å². The summed E-state index contributed by atoms with van der Waals surface area (Å²) in [6.45, 7) is 2.26. The van der Waals surface area contributed by atoms with Crippen LogP contribution in [0.4, 0.5) is 0 Å². The van der Waals surface area contributed by atoms with E-state index in [0.717, 1.165) is 12.8 Å². The summed E-state index contributed by atoms with van der Waals surface area (Å²) >= 11 is 0. The van der Waals surface area contributed by atoms with Gasteiger partial charge in [-0.05, 0) is 19.3 Å². The molecule has 0 fully saturated rings. The Kier molecular flexibility index (Phi) is 16.4. The number of rotatable bonds is 17. The van der Waals surface area contributed by atoms with E-state index < -0.39 is 5.97 Å². The highest BCUT2D eigenvalue weighted by atomic mass is 16.5. The lowest BCUT2D eigenvalue weighted by molar-refractivity contribution is -0.137. The van der Waals surface area contributed by atoms with E-state index in [2.05, 4.69) is 6.92 Å². The van der Waals surface area contributed by atoms with E-state index in [0.29, 0.717) is 12.5 Å². The van der Waals surface area contributed by atoms with E-state index in [1.165, 1.54) is 77.0 Å². The molecular formula is C19H38O3. The van der Waals surface area contributed by atoms with E-state index in [4.69, 9.17) is 9.84 Å². The number of hydrogen-bond donors (Lipinski definition) is 1. The molecule has 0 saturated carbocycles. The number of unbranched alkanes of at least 4 members (excludes halogenated alkanes) is 10. The molecule has 0 aromatic rings. The largest absolute Gasteiger partial charge is 0.481 e. The maximum Gasteiger partial charge on any atom is 0.303 e. The van der Waals surface area contributed by atoms with Crippen molar-refractivity contribution in [2.24, 2.45) is 0 Å². The van der Waals surface area contributed by atoms with Crippen molar-refractivity contribution in [3.05, 3.63) is 0 Å². The Morgan fingerprint density at radius 1 is 0.818 bits per heavy atom. The van der Waals surface area contributed by atoms with Gasteiger partial charge in [-0.25, -0.2) is 0 Å². The molecule has 1 atom stereocenters. The molecule has 0 aromatic carbocycles. The Morgan fingerprint density at radius 3 is 1.73 bits per heavy atom. The average Bonchev–Trinajstić information content (AvgIpc) is 2.50. The fraction of sp³-hybridized carbons (Fsp3) is 0.947. The molecule has 3 nitrogen and oxygen atoms in total. The molecule has 0 aromatic heterocycles. The van der Waals surface area contributed by atoms with Gasteiger partial charge < -0.3 is 9.84 Å². The quantitative estimate of drug-likeness (QED) is 0.337. The van der Waals surface area contributed by atoms with Crippen molar-refractivity contribution >= 4 is 5.97 Å². The molecule has 3 heteroatoms. The van der Waals surface area contributed by atoms with Gasteiger partial charge in [-0.1, -0.05) is 77.6 Å². The van der Waals surface area contributed by atoms with Gasteiger partial charge in [0.25, 0.3) is 0 Å². The number of methoxy groups -OCH3 is 1. The summed E-state index contributed by atoms with van der Waals surface area (Å²) in [5, 5.41) is 8.56. The molecule has 0 radical (unpaired) electrons. The van der Waals surface area contributed by atoms with Crippen LogP contribution in [0, 0.1) is 0 Å². The molecule has 0 amide bonds. The first-order valence-corrected chi connectivity index (χ1v) is 9.45. The summed E-state index contributed by atoms with van der Waals surface area (Å²) < 4.78 is 5.58. The molecule has 0 heterocycles. The maximum absolute atomic E-state index is 10.4. The monoisotopic (exact) mass is 314 g/mol. The van der Waals surface area contributed by atoms with Crippen LogP contribution in [0.25, 0.3) is 0 Å². The molecule has 0 aliphatic carbocycles. The third kappa shape index (κ3) is 15.8. The van der Waals surface area contributed by atoms with E-state index in [1.807, 2.05) is 7.11 Å². The van der Waals surface area contributed by atoms with Crippen molar-refractivity contribution in [3.63, 3.8) is 0 Å². The smallest absolute Gasteiger partial charge is 0.303 e. The zero-order valence-electron chi connectivity index (χ0n) is 14.9. The standard InChI is InChI=1S/C19H38O3/c1-3-4-5-6-9-12-15-18(22-2)16-13-10-7-8-11-14-17-19(20)21/h18H,3-17H2,1-2H3,(H,20,21). The lowest BCUT2D eigenvalue weighted by atomic mass is 10.0. The van der Waals surface area contributed by atoms with Crippen LogP contribution in [0.15, 0.2) is 0 Å². The number of hydrogen-bond acceptors (Lipinski definition) is 2. The van der Waals surface area contributed by atoms with Crippen LogP contribution in [0.2, 0.25) is 0 Å². The molecule has 0 saturated heterocycles. The second-order valence-electron chi connectivity index (χ2n) is 6.47. The van der Waals surface area contributed by atoms with Gasteiger partial charge in [0.1, 0.15) is 0 Å². The lowest BCUT2D eigenvalue weighted by Crippen LogP contribution is -2.10. The van der Waals surface area contributed by atoms with Crippen LogP contribution < -0.4 is 0 Å². The van der Waals surface area contributed by atoms with Gasteiger partial charge in [-0.3, -0.25) is 4.79 Å². The van der Waals surface area contributed by atoms with Gasteiger partial charge >= 0.3 is 5.97 Å². The molecule has 0 bridgehead atoms. The van der Waals surface area contributed by atoms with Crippen LogP contribution in [0.3, 0.4) is 0 Å². The summed E-state index contributed by atoms with van der Waals surface area (Å²) in [5.41, 5.74) is 0. The third-order valence-electron chi connectivity index (χ3n) is 4.38. The first-order valence-electron chi connectivity index (χ1n) is 9.45. The van der Waals surface area contributed by atoms with Gasteiger partial charge in [0, 0.05) is 13.5 Å². The van der Waals surface area contributed by atoms with Gasteiger partial charge in [-0.2, -0.15) is 0 Å². The van der Waals surface area contributed by atoms with Crippen LogP contribution in [-0.4, -0.2) is 24.3 Å². The Bertz CT molecular complexity index is 241. The summed E-state index contributed by atoms with van der Waals surface area (Å²) in [6.07, 6.45) is 18.0. The van der Waals surface area contributed by atoms with Gasteiger partial charge in [0.15, 0.2) is 0 Å². The number of ether oxygens (including phenoxy) is 1. The normalized spacial score (nSPS) is 12.5. The lowest BCUT2D eigenvalue weighted by Gasteiger charge is -2.15. The molecule has 0 rings (SSSR count). The molecule has 1 N–H and O–H groups in total. The minimum atomic E-state index is -0.669. The molecule has 132 valence electrons. The van der Waals surface area contributed by atoms with Crippen molar-refractivity contribution in [2.45, 2.75) is 109 Å². The summed E-state index contributed by atoms with van der Waals surface area (Å²) in [7, 11) is 1.84. The third-order valence-corrected chi connectivity index (χ3v) is 4.38. The van der Waals surface area contributed by atoms with Crippen molar-refractivity contribution in [1.29, 1.82) is 0 Å². The zero-order valence-corrected chi connectivity index (χ0v) is 14.9. The predicted octanol–water partition coefficient (Wildman–Crippen LogP) is 5.96. The second-order valence-corrected chi connectivity index (χ2v) is 6.47. The van der Waals surface area contributed by atoms with Gasteiger partial charge in [0.2, 0.25) is 0 Å². The predicted molar refractivity (Wildman–Crippen MR) is 93.4 cm³/mol. The number of carboxylic acid groups (broad SMARTS) is 1. The second kappa shape index (κ2) is 16.8. The van der Waals surface area contributed by atoms with Crippen LogP contribution >= 0.6 is 0 Å². The van der Waals surface area contributed by atoms with Crippen molar-refractivity contribution in [1.82, 2.24) is 0 Å². The summed E-state index contributed by atoms with van der Waals surface area (Å²) in [4.78, 5) is 10.4. The summed E-state index contributed by atoms with van der Waals surface area (Å²) in [5.74, 6) is -0.669. The molecule has 0 aliphatic heterocycles. The molecule has 0 spiro atoms. The Hall–Kier alpha value is -0.570. The highest BCUT2D eigenvalue weighted by molar-refractivity contribution is 5.66. The Labute approximate surface area is 137 Å². The molecule has 1 unspecified atom stereocenters. The molecule has 22 heavy (non-hydrogen) atoms. The zero-order chi connectivity index (χ0) is 16.5. The van der Waals surface area contributed by atoms with Gasteiger partial charge in [0.05, 0.1) is 6.10 Å². The van der Waals surface area contributed by atoms with E-state index in [1.54, 1.807) is 0 Å². The number of carbonyl (C=O) groups is 1. The fourth-order valence-electron chi connectivity index (χ4n) is 2.89. The van der Waals surface area contributed by atoms with E-state index in [-0.39, 0.29) is 0 Å². The van der Waals surface area contributed by atoms with Crippen molar-refractivity contribution in [3.8, 4) is 0 Å². The van der Waals surface area contributed by atoms with Crippen molar-refractivity contribution in [2.75, 3.05) is 7.11 Å². The van der Waals surface area contributed by atoms with E-state index in [9.17, 15) is 4.79 Å². The highest BCUT2D eigenvalue weighted by Crippen LogP contribution is 2.16. The minimum Gasteiger partial charge on any atom is -0.481 e. The van der Waals surface area contributed by atoms with Crippen LogP contribution in [-0.2, 0) is 9.53 Å². The summed E-state index contributed by atoms with van der Waals surface area (Å²) in [6, 6.07) is 0. The first-order chi connectivity index (χ1) is 10.7. The highest BCUT2D eigenvalue weighted by Gasteiger charge is 2.06. The fourth-order valence-corrected chi connectivity index (χ4v) is 2.89. The minimum absolute atomic E-state index is 0.323. The van der Waals surface area contributed by atoms with E-state index >= 15 is 0 Å². The number of carboxylic acids is 1. The van der Waals surface area contributed by atoms with Gasteiger partial charge in [-0.15, -0.1) is 0 Å². The topological polar surface area (TPSA) is 46.5 Å². The first kappa shape index (κ1) is 21.4. The Morgan fingerprint density at radius 2 is 1.27 bits per heavy atom. The average molecular weight is 315 g/mol. The molecular weight excluding hydrogens is 276 g/mol. The molecule has 0 aliphatic rings. The van der Waals surface area contributed by atoms with Crippen LogP contribution in [0.5, 0.6) is 0 Å². The Balaban J connectivity index is 3.33. The number of aliphatic carboxylic acids is 1. The maximum atomic E-state index is 10.4. The SMILES string of the molecule is CCCCCCCCC(CCCCCCCCC(=O)O)OC. The van der Waals surface area contributed by atoms with Crippen LogP contribution in [0.1, 0.15) is 103 Å².